The molecule has 0 bridgehead atoms. The molecular weight excluding hydrogens is 337 g/mol. The van der Waals surface area contributed by atoms with Crippen LogP contribution in [0.25, 0.3) is 0 Å². The van der Waals surface area contributed by atoms with E-state index in [-0.39, 0.29) is 34.9 Å². The van der Waals surface area contributed by atoms with Gasteiger partial charge in [0.1, 0.15) is 5.82 Å². The van der Waals surface area contributed by atoms with Crippen LogP contribution in [0.2, 0.25) is 0 Å². The quantitative estimate of drug-likeness (QED) is 0.856. The van der Waals surface area contributed by atoms with Crippen molar-refractivity contribution in [3.63, 3.8) is 0 Å². The number of halogens is 1. The zero-order valence-corrected chi connectivity index (χ0v) is 14.2. The monoisotopic (exact) mass is 355 g/mol. The summed E-state index contributed by atoms with van der Waals surface area (Å²) in [6, 6.07) is 11.5. The molecule has 1 aliphatic heterocycles. The Balaban J connectivity index is 1.90. The number of nitrogens with zero attached hydrogens (tertiary/aromatic N) is 1. The molecule has 3 rings (SSSR count). The third-order valence-electron chi connectivity index (χ3n) is 4.79. The van der Waals surface area contributed by atoms with Crippen LogP contribution < -0.4 is 0 Å². The summed E-state index contributed by atoms with van der Waals surface area (Å²) in [6.07, 6.45) is 0.363. The largest absolute Gasteiger partial charge is 0.481 e. The van der Waals surface area contributed by atoms with Crippen molar-refractivity contribution in [3.8, 4) is 0 Å². The molecule has 2 aromatic rings. The standard InChI is InChI=1S/C20H18FNO4/c1-20(19(25)26)10-11-22(12-20)18(24)16-5-3-2-4-15(16)17(23)13-6-8-14(21)9-7-13/h2-9H,10-12H2,1H3,(H,25,26)/t20-/m0/s1. The van der Waals surface area contributed by atoms with E-state index in [0.717, 1.165) is 0 Å². The van der Waals surface area contributed by atoms with Gasteiger partial charge in [0.2, 0.25) is 0 Å². The summed E-state index contributed by atoms with van der Waals surface area (Å²) in [6.45, 7) is 2.03. The predicted molar refractivity (Wildman–Crippen MR) is 92.5 cm³/mol. The number of amides is 1. The van der Waals surface area contributed by atoms with E-state index in [4.69, 9.17) is 0 Å². The lowest BCUT2D eigenvalue weighted by molar-refractivity contribution is -0.147. The molecule has 2 aromatic carbocycles. The highest BCUT2D eigenvalue weighted by Crippen LogP contribution is 2.31. The molecule has 0 unspecified atom stereocenters. The third kappa shape index (κ3) is 3.22. The minimum atomic E-state index is -0.981. The van der Waals surface area contributed by atoms with Crippen LogP contribution in [0.1, 0.15) is 39.6 Å². The molecule has 1 N–H and O–H groups in total. The summed E-state index contributed by atoms with van der Waals surface area (Å²) in [7, 11) is 0. The normalized spacial score (nSPS) is 19.4. The summed E-state index contributed by atoms with van der Waals surface area (Å²) in [4.78, 5) is 38.5. The molecule has 6 heteroatoms. The van der Waals surface area contributed by atoms with E-state index < -0.39 is 17.2 Å². The number of hydrogen-bond acceptors (Lipinski definition) is 3. The maximum absolute atomic E-state index is 13.1. The first kappa shape index (κ1) is 17.8. The minimum absolute atomic E-state index is 0.0975. The number of ketones is 1. The van der Waals surface area contributed by atoms with Crippen LogP contribution >= 0.6 is 0 Å². The highest BCUT2D eigenvalue weighted by Gasteiger charge is 2.42. The Hall–Kier alpha value is -3.02. The van der Waals surface area contributed by atoms with E-state index in [1.54, 1.807) is 31.2 Å². The van der Waals surface area contributed by atoms with Crippen molar-refractivity contribution in [1.29, 1.82) is 0 Å². The minimum Gasteiger partial charge on any atom is -0.481 e. The molecule has 0 aromatic heterocycles. The van der Waals surface area contributed by atoms with Gasteiger partial charge in [-0.2, -0.15) is 0 Å². The molecule has 1 amide bonds. The van der Waals surface area contributed by atoms with E-state index in [1.165, 1.54) is 29.2 Å². The van der Waals surface area contributed by atoms with Gasteiger partial charge in [-0.1, -0.05) is 18.2 Å². The highest BCUT2D eigenvalue weighted by atomic mass is 19.1. The van der Waals surface area contributed by atoms with Gasteiger partial charge in [-0.15, -0.1) is 0 Å². The average molecular weight is 355 g/mol. The van der Waals surface area contributed by atoms with Crippen molar-refractivity contribution < 1.29 is 23.9 Å². The van der Waals surface area contributed by atoms with Crippen LogP contribution in [0.4, 0.5) is 4.39 Å². The molecule has 1 atom stereocenters. The van der Waals surface area contributed by atoms with Crippen molar-refractivity contribution in [2.24, 2.45) is 5.41 Å². The Kier molecular flexibility index (Phi) is 4.59. The smallest absolute Gasteiger partial charge is 0.311 e. The number of carbonyl (C=O) groups is 3. The Bertz CT molecular complexity index is 878. The number of hydrogen-bond donors (Lipinski definition) is 1. The summed E-state index contributed by atoms with van der Waals surface area (Å²) in [5.74, 6) is -2.14. The predicted octanol–water partition coefficient (Wildman–Crippen LogP) is 2.99. The summed E-state index contributed by atoms with van der Waals surface area (Å²) in [5, 5.41) is 9.33. The number of carbonyl (C=O) groups excluding carboxylic acids is 2. The Morgan fingerprint density at radius 1 is 1.04 bits per heavy atom. The van der Waals surface area contributed by atoms with Gasteiger partial charge in [0, 0.05) is 24.2 Å². The Labute approximate surface area is 150 Å². The first-order valence-electron chi connectivity index (χ1n) is 8.24. The van der Waals surface area contributed by atoms with Crippen LogP contribution in [0.15, 0.2) is 48.5 Å². The fourth-order valence-corrected chi connectivity index (χ4v) is 3.10. The zero-order valence-electron chi connectivity index (χ0n) is 14.2. The molecule has 5 nitrogen and oxygen atoms in total. The lowest BCUT2D eigenvalue weighted by Crippen LogP contribution is -2.35. The second-order valence-electron chi connectivity index (χ2n) is 6.72. The van der Waals surface area contributed by atoms with Crippen LogP contribution in [0, 0.1) is 11.2 Å². The second kappa shape index (κ2) is 6.71. The average Bonchev–Trinajstić information content (AvgIpc) is 3.05. The van der Waals surface area contributed by atoms with Crippen LogP contribution in [0.3, 0.4) is 0 Å². The highest BCUT2D eigenvalue weighted by molar-refractivity contribution is 6.15. The van der Waals surface area contributed by atoms with Gasteiger partial charge in [0.15, 0.2) is 5.78 Å². The second-order valence-corrected chi connectivity index (χ2v) is 6.72. The molecule has 1 aliphatic rings. The third-order valence-corrected chi connectivity index (χ3v) is 4.79. The van der Waals surface area contributed by atoms with Crippen LogP contribution in [-0.4, -0.2) is 40.8 Å². The van der Waals surface area contributed by atoms with E-state index in [9.17, 15) is 23.9 Å². The molecule has 0 radical (unpaired) electrons. The molecule has 0 aliphatic carbocycles. The molecule has 0 saturated carbocycles. The molecule has 134 valence electrons. The van der Waals surface area contributed by atoms with Crippen molar-refractivity contribution in [2.45, 2.75) is 13.3 Å². The maximum atomic E-state index is 13.1. The Morgan fingerprint density at radius 2 is 1.65 bits per heavy atom. The zero-order chi connectivity index (χ0) is 18.9. The van der Waals surface area contributed by atoms with Gasteiger partial charge in [-0.05, 0) is 43.7 Å². The lowest BCUT2D eigenvalue weighted by Gasteiger charge is -2.21. The molecule has 1 heterocycles. The molecular formula is C20H18FNO4. The number of carboxylic acid groups (broad SMARTS) is 1. The van der Waals surface area contributed by atoms with Gasteiger partial charge >= 0.3 is 5.97 Å². The van der Waals surface area contributed by atoms with E-state index >= 15 is 0 Å². The summed E-state index contributed by atoms with van der Waals surface area (Å²) in [5.41, 5.74) is -0.265. The van der Waals surface area contributed by atoms with Crippen molar-refractivity contribution in [1.82, 2.24) is 4.90 Å². The number of likely N-dealkylation sites (tertiary alicyclic amines) is 1. The van der Waals surface area contributed by atoms with Crippen molar-refractivity contribution in [2.75, 3.05) is 13.1 Å². The van der Waals surface area contributed by atoms with Crippen molar-refractivity contribution >= 4 is 17.7 Å². The first-order valence-corrected chi connectivity index (χ1v) is 8.24. The van der Waals surface area contributed by atoms with Crippen molar-refractivity contribution in [3.05, 3.63) is 71.0 Å². The topological polar surface area (TPSA) is 74.7 Å². The van der Waals surface area contributed by atoms with E-state index in [1.807, 2.05) is 0 Å². The van der Waals surface area contributed by atoms with Gasteiger partial charge in [0.05, 0.1) is 11.0 Å². The van der Waals surface area contributed by atoms with Crippen LogP contribution in [-0.2, 0) is 4.79 Å². The van der Waals surface area contributed by atoms with Gasteiger partial charge in [-0.25, -0.2) is 4.39 Å². The molecule has 1 saturated heterocycles. The first-order chi connectivity index (χ1) is 12.3. The Morgan fingerprint density at radius 3 is 2.23 bits per heavy atom. The number of rotatable bonds is 4. The molecule has 26 heavy (non-hydrogen) atoms. The van der Waals surface area contributed by atoms with Gasteiger partial charge in [0.25, 0.3) is 5.91 Å². The lowest BCUT2D eigenvalue weighted by atomic mass is 9.90. The van der Waals surface area contributed by atoms with Gasteiger partial charge < -0.3 is 10.0 Å². The fourth-order valence-electron chi connectivity index (χ4n) is 3.10. The SMILES string of the molecule is C[C@]1(C(=O)O)CCN(C(=O)c2ccccc2C(=O)c2ccc(F)cc2)C1. The summed E-state index contributed by atoms with van der Waals surface area (Å²) >= 11 is 0. The summed E-state index contributed by atoms with van der Waals surface area (Å²) < 4.78 is 13.1. The molecule has 1 fully saturated rings. The molecule has 0 spiro atoms. The number of benzene rings is 2. The van der Waals surface area contributed by atoms with E-state index in [2.05, 4.69) is 0 Å². The van der Waals surface area contributed by atoms with E-state index in [0.29, 0.717) is 13.0 Å². The maximum Gasteiger partial charge on any atom is 0.311 e. The number of carboxylic acids is 1. The fraction of sp³-hybridized carbons (Fsp3) is 0.250. The number of aliphatic carboxylic acids is 1. The van der Waals surface area contributed by atoms with Crippen LogP contribution in [0.5, 0.6) is 0 Å². The van der Waals surface area contributed by atoms with Gasteiger partial charge in [-0.3, -0.25) is 14.4 Å².